The lowest BCUT2D eigenvalue weighted by Gasteiger charge is -2.13. The van der Waals surface area contributed by atoms with E-state index >= 15 is 0 Å². The first-order chi connectivity index (χ1) is 6.59. The maximum absolute atomic E-state index is 5.99. The predicted molar refractivity (Wildman–Crippen MR) is 60.8 cm³/mol. The van der Waals surface area contributed by atoms with Gasteiger partial charge in [-0.05, 0) is 43.5 Å². The molecule has 0 heterocycles. The highest BCUT2D eigenvalue weighted by molar-refractivity contribution is 6.30. The van der Waals surface area contributed by atoms with E-state index in [4.69, 9.17) is 17.3 Å². The van der Waals surface area contributed by atoms with Crippen LogP contribution < -0.4 is 11.1 Å². The maximum Gasteiger partial charge on any atom is 0.0410 e. The summed E-state index contributed by atoms with van der Waals surface area (Å²) >= 11 is 5.87. The highest BCUT2D eigenvalue weighted by Gasteiger charge is 2.37. The Labute approximate surface area is 89.4 Å². The first-order valence-electron chi connectivity index (χ1n) is 4.88. The second-order valence-electron chi connectivity index (χ2n) is 4.18. The largest absolute Gasteiger partial charge is 0.383 e. The van der Waals surface area contributed by atoms with Crippen molar-refractivity contribution >= 4 is 17.3 Å². The van der Waals surface area contributed by atoms with Gasteiger partial charge in [-0.2, -0.15) is 0 Å². The van der Waals surface area contributed by atoms with Crippen molar-refractivity contribution in [1.29, 1.82) is 0 Å². The zero-order chi connectivity index (χ0) is 10.2. The summed E-state index contributed by atoms with van der Waals surface area (Å²) in [6, 6.07) is 5.86. The zero-order valence-corrected chi connectivity index (χ0v) is 9.06. The second kappa shape index (κ2) is 3.44. The van der Waals surface area contributed by atoms with E-state index in [1.165, 1.54) is 5.56 Å². The van der Waals surface area contributed by atoms with Crippen molar-refractivity contribution in [2.24, 2.45) is 5.73 Å². The topological polar surface area (TPSA) is 38.0 Å². The molecule has 0 radical (unpaired) electrons. The molecule has 0 atom stereocenters. The Kier molecular flexibility index (Phi) is 2.41. The molecule has 1 aromatic rings. The fraction of sp³-hybridized carbons (Fsp3) is 0.455. The zero-order valence-electron chi connectivity index (χ0n) is 8.31. The molecule has 0 aromatic heterocycles. The summed E-state index contributed by atoms with van der Waals surface area (Å²) < 4.78 is 0. The molecule has 3 heteroatoms. The molecule has 0 spiro atoms. The maximum atomic E-state index is 5.99. The van der Waals surface area contributed by atoms with Crippen LogP contribution in [0.5, 0.6) is 0 Å². The Morgan fingerprint density at radius 1 is 1.50 bits per heavy atom. The van der Waals surface area contributed by atoms with Gasteiger partial charge in [0.2, 0.25) is 0 Å². The number of hydrogen-bond acceptors (Lipinski definition) is 2. The number of halogens is 1. The molecule has 1 aliphatic carbocycles. The Hall–Kier alpha value is -0.730. The van der Waals surface area contributed by atoms with Crippen LogP contribution in [0, 0.1) is 6.92 Å². The van der Waals surface area contributed by atoms with Crippen LogP contribution in [0.1, 0.15) is 18.4 Å². The highest BCUT2D eigenvalue weighted by atomic mass is 35.5. The molecule has 0 aliphatic heterocycles. The lowest BCUT2D eigenvalue weighted by Crippen LogP contribution is -2.31. The van der Waals surface area contributed by atoms with Gasteiger partial charge in [0, 0.05) is 22.8 Å². The summed E-state index contributed by atoms with van der Waals surface area (Å²) in [6.45, 7) is 2.90. The minimum absolute atomic E-state index is 0.0477. The van der Waals surface area contributed by atoms with Crippen molar-refractivity contribution < 1.29 is 0 Å². The Morgan fingerprint density at radius 2 is 2.21 bits per heavy atom. The molecule has 0 bridgehead atoms. The van der Waals surface area contributed by atoms with E-state index in [1.54, 1.807) is 0 Å². The standard InChI is InChI=1S/C11H15ClN2/c1-8-6-9(12)2-3-10(8)14-7-11(13)4-5-11/h2-3,6,14H,4-5,7,13H2,1H3. The Bertz CT molecular complexity index is 345. The van der Waals surface area contributed by atoms with Crippen LogP contribution in [-0.2, 0) is 0 Å². The fourth-order valence-electron chi connectivity index (χ4n) is 1.43. The molecule has 1 saturated carbocycles. The Morgan fingerprint density at radius 3 is 2.79 bits per heavy atom. The monoisotopic (exact) mass is 210 g/mol. The third-order valence-corrected chi connectivity index (χ3v) is 2.95. The lowest BCUT2D eigenvalue weighted by molar-refractivity contribution is 0.713. The van der Waals surface area contributed by atoms with Gasteiger partial charge in [-0.15, -0.1) is 0 Å². The summed E-state index contributed by atoms with van der Waals surface area (Å²) in [6.07, 6.45) is 2.26. The van der Waals surface area contributed by atoms with Gasteiger partial charge < -0.3 is 11.1 Å². The number of anilines is 1. The summed E-state index contributed by atoms with van der Waals surface area (Å²) in [7, 11) is 0. The van der Waals surface area contributed by atoms with Crippen molar-refractivity contribution in [1.82, 2.24) is 0 Å². The van der Waals surface area contributed by atoms with E-state index in [2.05, 4.69) is 5.32 Å². The number of benzene rings is 1. The van der Waals surface area contributed by atoms with Crippen LogP contribution in [0.4, 0.5) is 5.69 Å². The number of rotatable bonds is 3. The van der Waals surface area contributed by atoms with Crippen LogP contribution in [-0.4, -0.2) is 12.1 Å². The van der Waals surface area contributed by atoms with Crippen LogP contribution in [0.2, 0.25) is 5.02 Å². The molecule has 3 N–H and O–H groups in total. The molecule has 0 unspecified atom stereocenters. The second-order valence-corrected chi connectivity index (χ2v) is 4.61. The summed E-state index contributed by atoms with van der Waals surface area (Å²) in [5, 5.41) is 4.14. The number of nitrogens with one attached hydrogen (secondary N) is 1. The summed E-state index contributed by atoms with van der Waals surface area (Å²) in [5.41, 5.74) is 8.33. The number of nitrogens with two attached hydrogens (primary N) is 1. The molecule has 2 rings (SSSR count). The normalized spacial score (nSPS) is 17.9. The first-order valence-corrected chi connectivity index (χ1v) is 5.26. The van der Waals surface area contributed by atoms with Gasteiger partial charge >= 0.3 is 0 Å². The van der Waals surface area contributed by atoms with Gasteiger partial charge in [-0.1, -0.05) is 11.6 Å². The lowest BCUT2D eigenvalue weighted by atomic mass is 10.2. The van der Waals surface area contributed by atoms with Crippen LogP contribution in [0.15, 0.2) is 18.2 Å². The quantitative estimate of drug-likeness (QED) is 0.805. The van der Waals surface area contributed by atoms with Crippen molar-refractivity contribution in [2.45, 2.75) is 25.3 Å². The van der Waals surface area contributed by atoms with Gasteiger partial charge in [0.25, 0.3) is 0 Å². The molecule has 1 fully saturated rings. The van der Waals surface area contributed by atoms with Gasteiger partial charge in [0.15, 0.2) is 0 Å². The molecule has 1 aromatic carbocycles. The summed E-state index contributed by atoms with van der Waals surface area (Å²) in [5.74, 6) is 0. The third kappa shape index (κ3) is 2.20. The molecular weight excluding hydrogens is 196 g/mol. The van der Waals surface area contributed by atoms with Gasteiger partial charge in [0.05, 0.1) is 0 Å². The SMILES string of the molecule is Cc1cc(Cl)ccc1NCC1(N)CC1. The third-order valence-electron chi connectivity index (χ3n) is 2.71. The van der Waals surface area contributed by atoms with Gasteiger partial charge in [-0.3, -0.25) is 0 Å². The Balaban J connectivity index is 2.02. The van der Waals surface area contributed by atoms with Crippen LogP contribution >= 0.6 is 11.6 Å². The van der Waals surface area contributed by atoms with E-state index < -0.39 is 0 Å². The first kappa shape index (κ1) is 9.81. The molecule has 0 amide bonds. The van der Waals surface area contributed by atoms with E-state index in [-0.39, 0.29) is 5.54 Å². The minimum Gasteiger partial charge on any atom is -0.383 e. The number of aryl methyl sites for hydroxylation is 1. The predicted octanol–water partition coefficient (Wildman–Crippen LogP) is 2.55. The molecule has 2 nitrogen and oxygen atoms in total. The molecule has 76 valence electrons. The average Bonchev–Trinajstić information content (AvgIpc) is 2.83. The van der Waals surface area contributed by atoms with Gasteiger partial charge in [0.1, 0.15) is 0 Å². The smallest absolute Gasteiger partial charge is 0.0410 e. The van der Waals surface area contributed by atoms with Crippen molar-refractivity contribution in [2.75, 3.05) is 11.9 Å². The van der Waals surface area contributed by atoms with Crippen LogP contribution in [0.25, 0.3) is 0 Å². The molecule has 0 saturated heterocycles. The average molecular weight is 211 g/mol. The van der Waals surface area contributed by atoms with E-state index in [0.29, 0.717) is 0 Å². The molecule has 1 aliphatic rings. The fourth-order valence-corrected chi connectivity index (χ4v) is 1.66. The molecule has 14 heavy (non-hydrogen) atoms. The van der Waals surface area contributed by atoms with E-state index in [0.717, 1.165) is 30.1 Å². The van der Waals surface area contributed by atoms with Crippen molar-refractivity contribution in [3.63, 3.8) is 0 Å². The van der Waals surface area contributed by atoms with Crippen molar-refractivity contribution in [3.8, 4) is 0 Å². The van der Waals surface area contributed by atoms with E-state index in [1.807, 2.05) is 25.1 Å². The molecular formula is C11H15ClN2. The van der Waals surface area contributed by atoms with E-state index in [9.17, 15) is 0 Å². The minimum atomic E-state index is 0.0477. The van der Waals surface area contributed by atoms with Crippen molar-refractivity contribution in [3.05, 3.63) is 28.8 Å². The number of hydrogen-bond donors (Lipinski definition) is 2. The van der Waals surface area contributed by atoms with Crippen LogP contribution in [0.3, 0.4) is 0 Å². The summed E-state index contributed by atoms with van der Waals surface area (Å²) in [4.78, 5) is 0. The highest BCUT2D eigenvalue weighted by Crippen LogP contribution is 2.32. The van der Waals surface area contributed by atoms with Gasteiger partial charge in [-0.25, -0.2) is 0 Å².